The Labute approximate surface area is 69.0 Å². The number of hydrogen-bond acceptors (Lipinski definition) is 4. The lowest BCUT2D eigenvalue weighted by atomic mass is 10.2. The second-order valence-electron chi connectivity index (χ2n) is 2.36. The molecule has 1 N–H and O–H groups in total. The molecule has 1 aromatic rings. The Kier molecular flexibility index (Phi) is 1.59. The Morgan fingerprint density at radius 2 is 2.17 bits per heavy atom. The summed E-state index contributed by atoms with van der Waals surface area (Å²) in [6, 6.07) is 5.31. The van der Waals surface area contributed by atoms with Crippen LogP contribution in [0.15, 0.2) is 23.4 Å². The predicted molar refractivity (Wildman–Crippen MR) is 41.9 cm³/mol. The first-order chi connectivity index (χ1) is 5.90. The van der Waals surface area contributed by atoms with Crippen LogP contribution in [-0.2, 0) is 0 Å². The van der Waals surface area contributed by atoms with Crippen LogP contribution in [0.3, 0.4) is 0 Å². The first kappa shape index (κ1) is 6.97. The lowest BCUT2D eigenvalue weighted by Crippen LogP contribution is -1.92. The largest absolute Gasteiger partial charge is 0.454 e. The molecular weight excluding hydrogens is 158 g/mol. The van der Waals surface area contributed by atoms with Gasteiger partial charge < -0.3 is 14.7 Å². The summed E-state index contributed by atoms with van der Waals surface area (Å²) in [4.78, 5) is 0. The summed E-state index contributed by atoms with van der Waals surface area (Å²) in [6.07, 6.45) is 1.34. The highest BCUT2D eigenvalue weighted by Gasteiger charge is 2.12. The molecule has 62 valence electrons. The Morgan fingerprint density at radius 1 is 1.33 bits per heavy atom. The fourth-order valence-electron chi connectivity index (χ4n) is 1.06. The summed E-state index contributed by atoms with van der Waals surface area (Å²) in [5.41, 5.74) is 0.779. The molecule has 0 bridgehead atoms. The number of ether oxygens (including phenoxy) is 2. The van der Waals surface area contributed by atoms with Crippen molar-refractivity contribution in [1.29, 1.82) is 0 Å². The van der Waals surface area contributed by atoms with Crippen molar-refractivity contribution in [3.63, 3.8) is 0 Å². The molecule has 12 heavy (non-hydrogen) atoms. The van der Waals surface area contributed by atoms with Crippen molar-refractivity contribution in [2.24, 2.45) is 5.16 Å². The van der Waals surface area contributed by atoms with Gasteiger partial charge in [-0.05, 0) is 18.2 Å². The van der Waals surface area contributed by atoms with Crippen molar-refractivity contribution in [1.82, 2.24) is 0 Å². The van der Waals surface area contributed by atoms with Crippen molar-refractivity contribution in [2.75, 3.05) is 6.79 Å². The lowest BCUT2D eigenvalue weighted by molar-refractivity contribution is 0.174. The normalized spacial score (nSPS) is 14.0. The molecule has 0 atom stereocenters. The zero-order valence-corrected chi connectivity index (χ0v) is 6.23. The molecule has 1 aliphatic rings. The van der Waals surface area contributed by atoms with Gasteiger partial charge in [0.15, 0.2) is 11.5 Å². The number of hydrogen-bond donors (Lipinski definition) is 1. The third kappa shape index (κ3) is 1.07. The van der Waals surface area contributed by atoms with Gasteiger partial charge in [-0.2, -0.15) is 0 Å². The molecule has 4 nitrogen and oxygen atoms in total. The van der Waals surface area contributed by atoms with Crippen LogP contribution >= 0.6 is 0 Å². The molecule has 0 unspecified atom stereocenters. The van der Waals surface area contributed by atoms with Gasteiger partial charge in [0.2, 0.25) is 6.79 Å². The fourth-order valence-corrected chi connectivity index (χ4v) is 1.06. The molecule has 0 saturated heterocycles. The van der Waals surface area contributed by atoms with Crippen LogP contribution in [0.5, 0.6) is 11.5 Å². The lowest BCUT2D eigenvalue weighted by Gasteiger charge is -1.95. The summed E-state index contributed by atoms with van der Waals surface area (Å²) in [7, 11) is 0. The number of oxime groups is 1. The van der Waals surface area contributed by atoms with Crippen LogP contribution in [0, 0.1) is 0 Å². The van der Waals surface area contributed by atoms with Crippen LogP contribution in [0.25, 0.3) is 0 Å². The van der Waals surface area contributed by atoms with Gasteiger partial charge >= 0.3 is 0 Å². The van der Waals surface area contributed by atoms with E-state index in [1.165, 1.54) is 6.21 Å². The van der Waals surface area contributed by atoms with Gasteiger partial charge in [-0.1, -0.05) is 5.16 Å². The van der Waals surface area contributed by atoms with E-state index < -0.39 is 0 Å². The van der Waals surface area contributed by atoms with E-state index in [4.69, 9.17) is 14.7 Å². The minimum absolute atomic E-state index is 0.259. The third-order valence-electron chi connectivity index (χ3n) is 1.60. The van der Waals surface area contributed by atoms with E-state index >= 15 is 0 Å². The van der Waals surface area contributed by atoms with Crippen LogP contribution in [0.1, 0.15) is 5.56 Å². The Hall–Kier alpha value is -1.71. The quantitative estimate of drug-likeness (QED) is 0.386. The number of benzene rings is 1. The predicted octanol–water partition coefficient (Wildman–Crippen LogP) is 1.22. The van der Waals surface area contributed by atoms with Gasteiger partial charge in [-0.25, -0.2) is 0 Å². The third-order valence-corrected chi connectivity index (χ3v) is 1.60. The molecule has 1 aliphatic heterocycles. The summed E-state index contributed by atoms with van der Waals surface area (Å²) in [6.45, 7) is 0.259. The molecule has 2 rings (SSSR count). The van der Waals surface area contributed by atoms with Crippen molar-refractivity contribution in [3.8, 4) is 11.5 Å². The fraction of sp³-hybridized carbons (Fsp3) is 0.125. The monoisotopic (exact) mass is 165 g/mol. The number of fused-ring (bicyclic) bond motifs is 1. The number of rotatable bonds is 1. The minimum atomic E-state index is 0.259. The Bertz CT molecular complexity index is 322. The maximum atomic E-state index is 8.27. The zero-order valence-electron chi connectivity index (χ0n) is 6.23. The molecule has 0 amide bonds. The maximum absolute atomic E-state index is 8.27. The summed E-state index contributed by atoms with van der Waals surface area (Å²) in [5, 5.41) is 11.2. The van der Waals surface area contributed by atoms with Crippen LogP contribution in [0.2, 0.25) is 0 Å². The molecule has 0 saturated carbocycles. The van der Waals surface area contributed by atoms with Crippen molar-refractivity contribution >= 4 is 6.21 Å². The van der Waals surface area contributed by atoms with E-state index in [0.29, 0.717) is 5.75 Å². The molecular formula is C8H7NO3. The molecule has 0 fully saturated rings. The van der Waals surface area contributed by atoms with Gasteiger partial charge in [0.25, 0.3) is 0 Å². The highest BCUT2D eigenvalue weighted by Crippen LogP contribution is 2.31. The van der Waals surface area contributed by atoms with E-state index in [9.17, 15) is 0 Å². The molecule has 1 heterocycles. The smallest absolute Gasteiger partial charge is 0.231 e. The maximum Gasteiger partial charge on any atom is 0.231 e. The second kappa shape index (κ2) is 2.73. The number of nitrogens with zero attached hydrogens (tertiary/aromatic N) is 1. The van der Waals surface area contributed by atoms with Crippen LogP contribution in [0.4, 0.5) is 0 Å². The van der Waals surface area contributed by atoms with E-state index in [0.717, 1.165) is 11.3 Å². The van der Waals surface area contributed by atoms with Gasteiger partial charge in [0, 0.05) is 5.56 Å². The SMILES string of the molecule is O/N=C/c1ccc2c(c1)OCO2. The van der Waals surface area contributed by atoms with Gasteiger partial charge in [0.05, 0.1) is 6.21 Å². The second-order valence-corrected chi connectivity index (χ2v) is 2.36. The zero-order chi connectivity index (χ0) is 8.39. The van der Waals surface area contributed by atoms with Crippen LogP contribution in [-0.4, -0.2) is 18.2 Å². The first-order valence-electron chi connectivity index (χ1n) is 3.47. The molecule has 0 aromatic heterocycles. The minimum Gasteiger partial charge on any atom is -0.454 e. The van der Waals surface area contributed by atoms with E-state index in [1.807, 2.05) is 0 Å². The molecule has 0 aliphatic carbocycles. The van der Waals surface area contributed by atoms with Crippen molar-refractivity contribution < 1.29 is 14.7 Å². The van der Waals surface area contributed by atoms with E-state index in [1.54, 1.807) is 18.2 Å². The Balaban J connectivity index is 2.38. The first-order valence-corrected chi connectivity index (χ1v) is 3.47. The summed E-state index contributed by atoms with van der Waals surface area (Å²) in [5.74, 6) is 1.41. The summed E-state index contributed by atoms with van der Waals surface area (Å²) < 4.78 is 10.2. The highest BCUT2D eigenvalue weighted by atomic mass is 16.7. The molecule has 0 radical (unpaired) electrons. The van der Waals surface area contributed by atoms with E-state index in [-0.39, 0.29) is 6.79 Å². The topological polar surface area (TPSA) is 51.1 Å². The molecule has 4 heteroatoms. The summed E-state index contributed by atoms with van der Waals surface area (Å²) >= 11 is 0. The van der Waals surface area contributed by atoms with E-state index in [2.05, 4.69) is 5.16 Å². The van der Waals surface area contributed by atoms with Gasteiger partial charge in [0.1, 0.15) is 0 Å². The average Bonchev–Trinajstić information content (AvgIpc) is 2.51. The molecule has 1 aromatic carbocycles. The van der Waals surface area contributed by atoms with Crippen molar-refractivity contribution in [2.45, 2.75) is 0 Å². The van der Waals surface area contributed by atoms with Gasteiger partial charge in [-0.15, -0.1) is 0 Å². The van der Waals surface area contributed by atoms with Gasteiger partial charge in [-0.3, -0.25) is 0 Å². The highest BCUT2D eigenvalue weighted by molar-refractivity contribution is 5.80. The standard InChI is InChI=1S/C8H7NO3/c10-9-4-6-1-2-7-8(3-6)12-5-11-7/h1-4,10H,5H2/b9-4+. The average molecular weight is 165 g/mol. The molecule has 0 spiro atoms. The Morgan fingerprint density at radius 3 is 3.00 bits per heavy atom. The van der Waals surface area contributed by atoms with Crippen LogP contribution < -0.4 is 9.47 Å². The van der Waals surface area contributed by atoms with Crippen molar-refractivity contribution in [3.05, 3.63) is 23.8 Å².